The van der Waals surface area contributed by atoms with E-state index in [0.29, 0.717) is 5.78 Å². The summed E-state index contributed by atoms with van der Waals surface area (Å²) in [5.74, 6) is 0.410. The third kappa shape index (κ3) is 2.84. The highest BCUT2D eigenvalue weighted by atomic mass is 35.5. The fourth-order valence-electron chi connectivity index (χ4n) is 1.82. The summed E-state index contributed by atoms with van der Waals surface area (Å²) in [6.07, 6.45) is 6.79. The lowest BCUT2D eigenvalue weighted by Gasteiger charge is -2.30. The van der Waals surface area contributed by atoms with Gasteiger partial charge in [0.2, 0.25) is 0 Å². The van der Waals surface area contributed by atoms with Crippen LogP contribution < -0.4 is 0 Å². The first kappa shape index (κ1) is 10.8. The van der Waals surface area contributed by atoms with E-state index in [0.717, 1.165) is 30.7 Å². The molecule has 0 amide bonds. The number of ketones is 1. The number of carbonyl (C=O) groups excluding carboxylic acids is 1. The Balaban J connectivity index is 2.62. The first-order chi connectivity index (χ1) is 6.04. The van der Waals surface area contributed by atoms with Crippen molar-refractivity contribution in [3.8, 4) is 0 Å². The molecule has 0 bridgehead atoms. The number of hydrogen-bond acceptors (Lipinski definition) is 1. The van der Waals surface area contributed by atoms with Gasteiger partial charge in [0, 0.05) is 16.9 Å². The Morgan fingerprint density at radius 2 is 2.31 bits per heavy atom. The molecule has 1 unspecified atom stereocenters. The monoisotopic (exact) mass is 200 g/mol. The molecule has 1 aliphatic rings. The maximum Gasteiger partial charge on any atom is 0.139 e. The van der Waals surface area contributed by atoms with E-state index in [1.807, 2.05) is 13.0 Å². The summed E-state index contributed by atoms with van der Waals surface area (Å²) < 4.78 is 0. The molecule has 0 aromatic rings. The molecule has 1 nitrogen and oxygen atoms in total. The topological polar surface area (TPSA) is 17.1 Å². The average molecular weight is 201 g/mol. The lowest BCUT2D eigenvalue weighted by atomic mass is 9.72. The summed E-state index contributed by atoms with van der Waals surface area (Å²) >= 11 is 5.76. The second kappa shape index (κ2) is 4.28. The molecule has 0 radical (unpaired) electrons. The number of rotatable bonds is 2. The van der Waals surface area contributed by atoms with Crippen LogP contribution in [0.4, 0.5) is 0 Å². The van der Waals surface area contributed by atoms with Gasteiger partial charge in [-0.25, -0.2) is 0 Å². The molecule has 1 aliphatic carbocycles. The van der Waals surface area contributed by atoms with Crippen LogP contribution >= 0.6 is 11.6 Å². The molecule has 13 heavy (non-hydrogen) atoms. The zero-order chi connectivity index (χ0) is 9.90. The number of hydrogen-bond donors (Lipinski definition) is 0. The fourth-order valence-corrected chi connectivity index (χ4v) is 1.90. The molecular formula is C11H17ClO. The lowest BCUT2D eigenvalue weighted by molar-refractivity contribution is -0.130. The molecule has 0 saturated heterocycles. The van der Waals surface area contributed by atoms with E-state index in [1.165, 1.54) is 6.42 Å². The van der Waals surface area contributed by atoms with E-state index >= 15 is 0 Å². The van der Waals surface area contributed by atoms with E-state index in [9.17, 15) is 4.79 Å². The van der Waals surface area contributed by atoms with E-state index in [1.54, 1.807) is 0 Å². The van der Waals surface area contributed by atoms with Crippen molar-refractivity contribution >= 4 is 17.4 Å². The molecular weight excluding hydrogens is 184 g/mol. The molecule has 0 spiro atoms. The normalized spacial score (nSPS) is 30.7. The molecule has 2 heteroatoms. The Morgan fingerprint density at radius 3 is 2.85 bits per heavy atom. The highest BCUT2D eigenvalue weighted by Gasteiger charge is 2.33. The molecule has 1 fully saturated rings. The molecule has 1 rings (SSSR count). The smallest absolute Gasteiger partial charge is 0.139 e. The highest BCUT2D eigenvalue weighted by molar-refractivity contribution is 6.29. The van der Waals surface area contributed by atoms with Crippen LogP contribution in [0.1, 0.15) is 46.0 Å². The predicted octanol–water partition coefficient (Wildman–Crippen LogP) is 3.67. The minimum absolute atomic E-state index is 0.131. The van der Waals surface area contributed by atoms with E-state index in [-0.39, 0.29) is 5.41 Å². The summed E-state index contributed by atoms with van der Waals surface area (Å²) in [5, 5.41) is 0.791. The largest absolute Gasteiger partial charge is 0.299 e. The summed E-state index contributed by atoms with van der Waals surface area (Å²) in [6.45, 7) is 3.92. The molecule has 1 atom stereocenters. The summed E-state index contributed by atoms with van der Waals surface area (Å²) in [4.78, 5) is 11.7. The van der Waals surface area contributed by atoms with Crippen LogP contribution in [0.25, 0.3) is 0 Å². The Bertz CT molecular complexity index is 228. The maximum atomic E-state index is 11.7. The quantitative estimate of drug-likeness (QED) is 0.665. The number of allylic oxidation sites excluding steroid dienone is 2. The summed E-state index contributed by atoms with van der Waals surface area (Å²) in [6, 6.07) is 0. The average Bonchev–Trinajstić information content (AvgIpc) is 2.07. The van der Waals surface area contributed by atoms with Crippen LogP contribution in [0.2, 0.25) is 0 Å². The maximum absolute atomic E-state index is 11.7. The van der Waals surface area contributed by atoms with E-state index in [2.05, 4.69) is 6.92 Å². The van der Waals surface area contributed by atoms with Crippen LogP contribution in [0.5, 0.6) is 0 Å². The third-order valence-electron chi connectivity index (χ3n) is 2.89. The minimum atomic E-state index is -0.131. The van der Waals surface area contributed by atoms with Crippen LogP contribution in [0.3, 0.4) is 0 Å². The number of halogens is 1. The minimum Gasteiger partial charge on any atom is -0.299 e. The molecule has 0 aromatic heterocycles. The van der Waals surface area contributed by atoms with Crippen molar-refractivity contribution in [1.82, 2.24) is 0 Å². The predicted molar refractivity (Wildman–Crippen MR) is 55.8 cm³/mol. The lowest BCUT2D eigenvalue weighted by Crippen LogP contribution is -2.30. The Labute approximate surface area is 85.2 Å². The summed E-state index contributed by atoms with van der Waals surface area (Å²) in [7, 11) is 0. The molecule has 1 saturated carbocycles. The molecule has 0 heterocycles. The van der Waals surface area contributed by atoms with Crippen LogP contribution in [0.15, 0.2) is 11.1 Å². The third-order valence-corrected chi connectivity index (χ3v) is 3.04. The van der Waals surface area contributed by atoms with Crippen molar-refractivity contribution in [1.29, 1.82) is 0 Å². The van der Waals surface area contributed by atoms with E-state index in [4.69, 9.17) is 11.6 Å². The second-order valence-corrected chi connectivity index (χ2v) is 4.78. The zero-order valence-corrected chi connectivity index (χ0v) is 9.16. The number of carbonyl (C=O) groups is 1. The van der Waals surface area contributed by atoms with Gasteiger partial charge in [-0.1, -0.05) is 31.0 Å². The Hall–Kier alpha value is -0.300. The second-order valence-electron chi connectivity index (χ2n) is 4.19. The molecule has 0 aromatic carbocycles. The van der Waals surface area contributed by atoms with Crippen molar-refractivity contribution in [2.24, 2.45) is 5.41 Å². The van der Waals surface area contributed by atoms with Crippen LogP contribution in [0, 0.1) is 5.41 Å². The van der Waals surface area contributed by atoms with Crippen molar-refractivity contribution in [3.63, 3.8) is 0 Å². The Kier molecular flexibility index (Phi) is 3.55. The molecule has 0 N–H and O–H groups in total. The SMILES string of the molecule is CC(Cl)=CCC1(C)CCCCC1=O. The van der Waals surface area contributed by atoms with Gasteiger partial charge in [-0.3, -0.25) is 4.79 Å². The van der Waals surface area contributed by atoms with Crippen molar-refractivity contribution < 1.29 is 4.79 Å². The molecule has 0 aliphatic heterocycles. The van der Waals surface area contributed by atoms with Crippen molar-refractivity contribution in [2.45, 2.75) is 46.0 Å². The van der Waals surface area contributed by atoms with Gasteiger partial charge in [0.05, 0.1) is 0 Å². The van der Waals surface area contributed by atoms with Gasteiger partial charge in [0.15, 0.2) is 0 Å². The van der Waals surface area contributed by atoms with Gasteiger partial charge in [-0.05, 0) is 26.2 Å². The fraction of sp³-hybridized carbons (Fsp3) is 0.727. The van der Waals surface area contributed by atoms with Crippen molar-refractivity contribution in [2.75, 3.05) is 0 Å². The van der Waals surface area contributed by atoms with Gasteiger partial charge < -0.3 is 0 Å². The zero-order valence-electron chi connectivity index (χ0n) is 8.40. The summed E-state index contributed by atoms with van der Waals surface area (Å²) in [5.41, 5.74) is -0.131. The van der Waals surface area contributed by atoms with Crippen LogP contribution in [-0.2, 0) is 4.79 Å². The van der Waals surface area contributed by atoms with E-state index < -0.39 is 0 Å². The van der Waals surface area contributed by atoms with Crippen LogP contribution in [-0.4, -0.2) is 5.78 Å². The van der Waals surface area contributed by atoms with Gasteiger partial charge in [0.1, 0.15) is 5.78 Å². The van der Waals surface area contributed by atoms with Crippen molar-refractivity contribution in [3.05, 3.63) is 11.1 Å². The van der Waals surface area contributed by atoms with Gasteiger partial charge >= 0.3 is 0 Å². The van der Waals surface area contributed by atoms with Gasteiger partial charge in [-0.2, -0.15) is 0 Å². The Morgan fingerprint density at radius 1 is 1.62 bits per heavy atom. The van der Waals surface area contributed by atoms with Gasteiger partial charge in [-0.15, -0.1) is 0 Å². The standard InChI is InChI=1S/C11H17ClO/c1-9(12)6-8-11(2)7-4-3-5-10(11)13/h6H,3-5,7-8H2,1-2H3. The number of Topliss-reactive ketones (excluding diaryl/α,β-unsaturated/α-hetero) is 1. The first-order valence-electron chi connectivity index (χ1n) is 4.90. The highest BCUT2D eigenvalue weighted by Crippen LogP contribution is 2.36. The first-order valence-corrected chi connectivity index (χ1v) is 5.28. The molecule has 74 valence electrons. The van der Waals surface area contributed by atoms with Gasteiger partial charge in [0.25, 0.3) is 0 Å².